The Morgan fingerprint density at radius 1 is 1.12 bits per heavy atom. The molecule has 1 aromatic carbocycles. The summed E-state index contributed by atoms with van der Waals surface area (Å²) in [6.07, 6.45) is 4.68. The van der Waals surface area contributed by atoms with Crippen LogP contribution in [0.1, 0.15) is 32.1 Å². The molecule has 3 nitrogen and oxygen atoms in total. The van der Waals surface area contributed by atoms with Crippen molar-refractivity contribution < 1.29 is 14.3 Å². The van der Waals surface area contributed by atoms with Crippen LogP contribution in [0.5, 0.6) is 5.75 Å². The van der Waals surface area contributed by atoms with Gasteiger partial charge in [-0.3, -0.25) is 0 Å². The van der Waals surface area contributed by atoms with Gasteiger partial charge in [-0.25, -0.2) is 4.79 Å². The number of methoxy groups -OCH3 is 1. The minimum atomic E-state index is -0.769. The summed E-state index contributed by atoms with van der Waals surface area (Å²) < 4.78 is 10.8. The van der Waals surface area contributed by atoms with Gasteiger partial charge in [0, 0.05) is 0 Å². The van der Waals surface area contributed by atoms with Crippen molar-refractivity contribution in [2.45, 2.75) is 37.7 Å². The number of para-hydroxylation sites is 1. The van der Waals surface area contributed by atoms with E-state index >= 15 is 0 Å². The predicted molar refractivity (Wildman–Crippen MR) is 64.9 cm³/mol. The highest BCUT2D eigenvalue weighted by Gasteiger charge is 2.43. The van der Waals surface area contributed by atoms with Gasteiger partial charge in [0.15, 0.2) is 0 Å². The van der Waals surface area contributed by atoms with Crippen LogP contribution >= 0.6 is 0 Å². The summed E-state index contributed by atoms with van der Waals surface area (Å²) in [5, 5.41) is 0. The Morgan fingerprint density at radius 2 is 1.76 bits per heavy atom. The summed E-state index contributed by atoms with van der Waals surface area (Å²) >= 11 is 0. The molecule has 0 amide bonds. The molecule has 0 bridgehead atoms. The number of ether oxygens (including phenoxy) is 2. The molecule has 1 aromatic rings. The standard InChI is InChI=1S/C14H18O3/c1-16-13(15)14(10-6-3-7-11-14)17-12-8-4-2-5-9-12/h2,4-5,8-9H,3,6-7,10-11H2,1H3. The minimum absolute atomic E-state index is 0.249. The van der Waals surface area contributed by atoms with E-state index in [1.807, 2.05) is 30.3 Å². The summed E-state index contributed by atoms with van der Waals surface area (Å²) in [4.78, 5) is 11.9. The maximum absolute atomic E-state index is 11.9. The molecule has 0 unspecified atom stereocenters. The van der Waals surface area contributed by atoms with Gasteiger partial charge in [0.05, 0.1) is 7.11 Å². The minimum Gasteiger partial charge on any atom is -0.476 e. The van der Waals surface area contributed by atoms with Crippen molar-refractivity contribution in [3.8, 4) is 5.75 Å². The Labute approximate surface area is 102 Å². The Balaban J connectivity index is 2.19. The lowest BCUT2D eigenvalue weighted by Gasteiger charge is -2.34. The summed E-state index contributed by atoms with van der Waals surface area (Å²) in [6.45, 7) is 0. The SMILES string of the molecule is COC(=O)C1(Oc2ccccc2)CCCCC1. The van der Waals surface area contributed by atoms with E-state index < -0.39 is 5.60 Å². The molecule has 1 aliphatic carbocycles. The number of carbonyl (C=O) groups is 1. The van der Waals surface area contributed by atoms with E-state index in [1.165, 1.54) is 7.11 Å². The normalized spacial score (nSPS) is 18.4. The van der Waals surface area contributed by atoms with Crippen molar-refractivity contribution in [1.82, 2.24) is 0 Å². The van der Waals surface area contributed by atoms with E-state index in [4.69, 9.17) is 9.47 Å². The second-order valence-corrected chi connectivity index (χ2v) is 4.46. The molecule has 92 valence electrons. The van der Waals surface area contributed by atoms with Gasteiger partial charge in [-0.15, -0.1) is 0 Å². The fourth-order valence-corrected chi connectivity index (χ4v) is 2.37. The van der Waals surface area contributed by atoms with Crippen LogP contribution in [-0.2, 0) is 9.53 Å². The summed E-state index contributed by atoms with van der Waals surface area (Å²) in [5.74, 6) is 0.487. The number of carbonyl (C=O) groups excluding carboxylic acids is 1. The summed E-state index contributed by atoms with van der Waals surface area (Å²) in [5.41, 5.74) is -0.769. The lowest BCUT2D eigenvalue weighted by atomic mass is 9.84. The Hall–Kier alpha value is -1.51. The molecular formula is C14H18O3. The molecule has 0 aromatic heterocycles. The van der Waals surface area contributed by atoms with Crippen LogP contribution in [0.3, 0.4) is 0 Å². The molecule has 1 fully saturated rings. The molecule has 2 rings (SSSR count). The summed E-state index contributed by atoms with van der Waals surface area (Å²) in [7, 11) is 1.42. The second kappa shape index (κ2) is 5.21. The monoisotopic (exact) mass is 234 g/mol. The first-order valence-corrected chi connectivity index (χ1v) is 6.09. The van der Waals surface area contributed by atoms with Crippen LogP contribution in [-0.4, -0.2) is 18.7 Å². The molecule has 0 radical (unpaired) electrons. The number of benzene rings is 1. The highest BCUT2D eigenvalue weighted by Crippen LogP contribution is 2.34. The van der Waals surface area contributed by atoms with Gasteiger partial charge in [-0.05, 0) is 37.8 Å². The fourth-order valence-electron chi connectivity index (χ4n) is 2.37. The Bertz CT molecular complexity index is 366. The van der Waals surface area contributed by atoms with E-state index in [2.05, 4.69) is 0 Å². The average Bonchev–Trinajstić information content (AvgIpc) is 2.40. The third-order valence-corrected chi connectivity index (χ3v) is 3.28. The van der Waals surface area contributed by atoms with Gasteiger partial charge >= 0.3 is 5.97 Å². The van der Waals surface area contributed by atoms with Crippen LogP contribution in [0.4, 0.5) is 0 Å². The average molecular weight is 234 g/mol. The highest BCUT2D eigenvalue weighted by molar-refractivity contribution is 5.80. The third kappa shape index (κ3) is 2.60. The van der Waals surface area contributed by atoms with E-state index in [0.717, 1.165) is 37.9 Å². The maximum atomic E-state index is 11.9. The molecule has 1 aliphatic rings. The van der Waals surface area contributed by atoms with Crippen molar-refractivity contribution in [3.63, 3.8) is 0 Å². The topological polar surface area (TPSA) is 35.5 Å². The van der Waals surface area contributed by atoms with Gasteiger partial charge in [0.2, 0.25) is 5.60 Å². The molecule has 0 atom stereocenters. The van der Waals surface area contributed by atoms with E-state index in [1.54, 1.807) is 0 Å². The molecular weight excluding hydrogens is 216 g/mol. The second-order valence-electron chi connectivity index (χ2n) is 4.46. The first kappa shape index (κ1) is 12.0. The zero-order valence-electron chi connectivity index (χ0n) is 10.1. The predicted octanol–water partition coefficient (Wildman–Crippen LogP) is 2.94. The zero-order valence-corrected chi connectivity index (χ0v) is 10.1. The van der Waals surface area contributed by atoms with Crippen molar-refractivity contribution in [2.24, 2.45) is 0 Å². The van der Waals surface area contributed by atoms with Crippen LogP contribution in [0.15, 0.2) is 30.3 Å². The van der Waals surface area contributed by atoms with Gasteiger partial charge in [-0.1, -0.05) is 24.6 Å². The van der Waals surface area contributed by atoms with E-state index in [0.29, 0.717) is 0 Å². The number of esters is 1. The van der Waals surface area contributed by atoms with Crippen molar-refractivity contribution in [3.05, 3.63) is 30.3 Å². The number of hydrogen-bond donors (Lipinski definition) is 0. The van der Waals surface area contributed by atoms with Crippen molar-refractivity contribution in [1.29, 1.82) is 0 Å². The van der Waals surface area contributed by atoms with Gasteiger partial charge < -0.3 is 9.47 Å². The summed E-state index contributed by atoms with van der Waals surface area (Å²) in [6, 6.07) is 9.49. The largest absolute Gasteiger partial charge is 0.476 e. The van der Waals surface area contributed by atoms with Crippen molar-refractivity contribution >= 4 is 5.97 Å². The van der Waals surface area contributed by atoms with Gasteiger partial charge in [0.25, 0.3) is 0 Å². The zero-order chi connectivity index (χ0) is 12.1. The molecule has 17 heavy (non-hydrogen) atoms. The van der Waals surface area contributed by atoms with Crippen LogP contribution < -0.4 is 4.74 Å². The quantitative estimate of drug-likeness (QED) is 0.754. The van der Waals surface area contributed by atoms with Gasteiger partial charge in [0.1, 0.15) is 5.75 Å². The van der Waals surface area contributed by atoms with Crippen LogP contribution in [0, 0.1) is 0 Å². The maximum Gasteiger partial charge on any atom is 0.350 e. The molecule has 0 heterocycles. The molecule has 3 heteroatoms. The Morgan fingerprint density at radius 3 is 2.35 bits per heavy atom. The smallest absolute Gasteiger partial charge is 0.350 e. The lowest BCUT2D eigenvalue weighted by Crippen LogP contribution is -2.47. The highest BCUT2D eigenvalue weighted by atomic mass is 16.6. The van der Waals surface area contributed by atoms with Crippen molar-refractivity contribution in [2.75, 3.05) is 7.11 Å². The van der Waals surface area contributed by atoms with E-state index in [9.17, 15) is 4.79 Å². The molecule has 0 spiro atoms. The fraction of sp³-hybridized carbons (Fsp3) is 0.500. The molecule has 0 N–H and O–H groups in total. The van der Waals surface area contributed by atoms with Crippen LogP contribution in [0.25, 0.3) is 0 Å². The number of rotatable bonds is 3. The Kier molecular flexibility index (Phi) is 3.67. The number of hydrogen-bond acceptors (Lipinski definition) is 3. The lowest BCUT2D eigenvalue weighted by molar-refractivity contribution is -0.162. The van der Waals surface area contributed by atoms with E-state index in [-0.39, 0.29) is 5.97 Å². The first-order valence-electron chi connectivity index (χ1n) is 6.09. The molecule has 0 aliphatic heterocycles. The van der Waals surface area contributed by atoms with Crippen LogP contribution in [0.2, 0.25) is 0 Å². The molecule has 0 saturated heterocycles. The molecule has 1 saturated carbocycles. The first-order chi connectivity index (χ1) is 8.27. The van der Waals surface area contributed by atoms with Gasteiger partial charge in [-0.2, -0.15) is 0 Å². The third-order valence-electron chi connectivity index (χ3n) is 3.28.